The van der Waals surface area contributed by atoms with E-state index in [0.29, 0.717) is 0 Å². The predicted octanol–water partition coefficient (Wildman–Crippen LogP) is 4.73. The van der Waals surface area contributed by atoms with Crippen molar-refractivity contribution in [2.24, 2.45) is 5.92 Å². The maximum Gasteiger partial charge on any atom is 0.0937 e. The highest BCUT2D eigenvalue weighted by Crippen LogP contribution is 2.39. The van der Waals surface area contributed by atoms with Gasteiger partial charge in [0.2, 0.25) is 0 Å². The summed E-state index contributed by atoms with van der Waals surface area (Å²) in [6.07, 6.45) is 0. The summed E-state index contributed by atoms with van der Waals surface area (Å²) >= 11 is 3.52. The lowest BCUT2D eigenvalue weighted by molar-refractivity contribution is 0.0176. The molecule has 1 nitrogen and oxygen atoms in total. The Bertz CT molecular complexity index is 446. The van der Waals surface area contributed by atoms with Crippen LogP contribution in [0.4, 0.5) is 0 Å². The Labute approximate surface area is 120 Å². The fraction of sp³-hybridized carbons (Fsp3) is 0.467. The number of hydrogen-bond acceptors (Lipinski definition) is 1. The molecule has 0 amide bonds. The number of rotatable bonds is 4. The molecule has 18 heavy (non-hydrogen) atoms. The molecule has 0 aromatic heterocycles. The van der Waals surface area contributed by atoms with Crippen molar-refractivity contribution in [1.29, 1.82) is 0 Å². The molecule has 0 bridgehead atoms. The summed E-state index contributed by atoms with van der Waals surface area (Å²) in [5.41, 5.74) is 0.0363. The minimum Gasteiger partial charge on any atom is -0.385 e. The fourth-order valence-electron chi connectivity index (χ4n) is 2.09. The summed E-state index contributed by atoms with van der Waals surface area (Å²) in [4.78, 5) is 0. The molecule has 0 saturated heterocycles. The van der Waals surface area contributed by atoms with E-state index in [-0.39, 0.29) is 5.92 Å². The number of halogens is 1. The molecule has 0 aliphatic rings. The first-order valence-electron chi connectivity index (χ1n) is 6.25. The predicted molar refractivity (Wildman–Crippen MR) is 85.4 cm³/mol. The first kappa shape index (κ1) is 15.7. The molecule has 0 unspecified atom stereocenters. The lowest BCUT2D eigenvalue weighted by atomic mass is 9.84. The van der Waals surface area contributed by atoms with Gasteiger partial charge in [0.05, 0.1) is 13.7 Å². The van der Waals surface area contributed by atoms with E-state index in [4.69, 9.17) is 0 Å². The second kappa shape index (κ2) is 5.31. The van der Waals surface area contributed by atoms with E-state index in [2.05, 4.69) is 49.1 Å². The number of benzene rings is 1. The lowest BCUT2D eigenvalue weighted by Crippen LogP contribution is -2.38. The number of hydrogen-bond donors (Lipinski definition) is 1. The summed E-state index contributed by atoms with van der Waals surface area (Å²) in [6, 6.07) is 7.85. The molecule has 1 aromatic rings. The Morgan fingerprint density at radius 1 is 1.33 bits per heavy atom. The van der Waals surface area contributed by atoms with Crippen LogP contribution in [0, 0.1) is 5.92 Å². The van der Waals surface area contributed by atoms with Gasteiger partial charge in [-0.25, -0.2) is 0 Å². The van der Waals surface area contributed by atoms with Crippen LogP contribution in [0.25, 0.3) is 0 Å². The van der Waals surface area contributed by atoms with Crippen LogP contribution >= 0.6 is 15.9 Å². The average Bonchev–Trinajstić information content (AvgIpc) is 2.26. The van der Waals surface area contributed by atoms with E-state index < -0.39 is 13.7 Å². The first-order chi connectivity index (χ1) is 8.08. The Balaban J connectivity index is 3.15. The smallest absolute Gasteiger partial charge is 0.0937 e. The minimum atomic E-state index is -1.45. The third-order valence-electron chi connectivity index (χ3n) is 3.75. The third-order valence-corrected chi connectivity index (χ3v) is 6.80. The Morgan fingerprint density at radius 3 is 2.28 bits per heavy atom. The van der Waals surface area contributed by atoms with Crippen molar-refractivity contribution in [2.45, 2.75) is 39.1 Å². The lowest BCUT2D eigenvalue weighted by Gasteiger charge is -2.37. The van der Waals surface area contributed by atoms with E-state index in [9.17, 15) is 5.11 Å². The van der Waals surface area contributed by atoms with Crippen molar-refractivity contribution in [3.63, 3.8) is 0 Å². The van der Waals surface area contributed by atoms with Crippen LogP contribution in [-0.2, 0) is 5.60 Å². The monoisotopic (exact) mass is 326 g/mol. The highest BCUT2D eigenvalue weighted by Gasteiger charge is 2.37. The van der Waals surface area contributed by atoms with E-state index in [1.54, 1.807) is 0 Å². The Morgan fingerprint density at radius 2 is 1.83 bits per heavy atom. The largest absolute Gasteiger partial charge is 0.385 e. The second-order valence-electron chi connectivity index (χ2n) is 6.12. The zero-order chi connectivity index (χ0) is 14.1. The van der Waals surface area contributed by atoms with Crippen molar-refractivity contribution in [3.05, 3.63) is 46.1 Å². The summed E-state index contributed by atoms with van der Waals surface area (Å²) in [7, 11) is -1.45. The van der Waals surface area contributed by atoms with Gasteiger partial charge < -0.3 is 5.11 Å². The van der Waals surface area contributed by atoms with Gasteiger partial charge in [-0.3, -0.25) is 0 Å². The molecule has 1 rings (SSSR count). The zero-order valence-corrected chi connectivity index (χ0v) is 14.5. The van der Waals surface area contributed by atoms with E-state index >= 15 is 0 Å². The molecular weight excluding hydrogens is 304 g/mol. The molecular formula is C15H23BrOSi. The van der Waals surface area contributed by atoms with Crippen LogP contribution in [0.5, 0.6) is 0 Å². The summed E-state index contributed by atoms with van der Waals surface area (Å²) < 4.78 is 0.949. The van der Waals surface area contributed by atoms with Gasteiger partial charge in [0, 0.05) is 10.4 Å². The SMILES string of the molecule is C=C([C@@H](C)[C@](C)(O)c1ccccc1Br)[Si](C)(C)C. The second-order valence-corrected chi connectivity index (χ2v) is 12.1. The molecule has 100 valence electrons. The van der Waals surface area contributed by atoms with Crippen molar-refractivity contribution in [1.82, 2.24) is 0 Å². The Hall–Kier alpha value is -0.383. The minimum absolute atomic E-state index is 0.0443. The quantitative estimate of drug-likeness (QED) is 0.793. The average molecular weight is 327 g/mol. The maximum atomic E-state index is 10.9. The van der Waals surface area contributed by atoms with Gasteiger partial charge in [-0.15, -0.1) is 6.58 Å². The van der Waals surface area contributed by atoms with Gasteiger partial charge in [0.25, 0.3) is 0 Å². The molecule has 3 heteroatoms. The van der Waals surface area contributed by atoms with Crippen LogP contribution in [0.3, 0.4) is 0 Å². The van der Waals surface area contributed by atoms with E-state index in [1.165, 1.54) is 5.20 Å². The third kappa shape index (κ3) is 3.14. The standard InChI is InChI=1S/C15H23BrOSi/c1-11(12(2)18(4,5)6)15(3,17)13-9-7-8-10-14(13)16/h7-11,17H,2H2,1,3-6H3/t11-,15+/m1/s1. The zero-order valence-electron chi connectivity index (χ0n) is 11.9. The van der Waals surface area contributed by atoms with Crippen LogP contribution in [0.1, 0.15) is 19.4 Å². The maximum absolute atomic E-state index is 10.9. The highest BCUT2D eigenvalue weighted by molar-refractivity contribution is 9.10. The molecule has 0 fully saturated rings. The van der Waals surface area contributed by atoms with Crippen molar-refractivity contribution in [2.75, 3.05) is 0 Å². The van der Waals surface area contributed by atoms with E-state index in [0.717, 1.165) is 10.0 Å². The Kier molecular flexibility index (Phi) is 4.63. The van der Waals surface area contributed by atoms with Crippen LogP contribution in [-0.4, -0.2) is 13.2 Å². The molecule has 0 aliphatic heterocycles. The van der Waals surface area contributed by atoms with Gasteiger partial charge >= 0.3 is 0 Å². The normalized spacial score (nSPS) is 17.1. The summed E-state index contributed by atoms with van der Waals surface area (Å²) in [6.45, 7) is 15.0. The van der Waals surface area contributed by atoms with Crippen LogP contribution in [0.2, 0.25) is 19.6 Å². The molecule has 0 aliphatic carbocycles. The van der Waals surface area contributed by atoms with Crippen molar-refractivity contribution >= 4 is 24.0 Å². The molecule has 2 atom stereocenters. The molecule has 0 saturated carbocycles. The van der Waals surface area contributed by atoms with Crippen molar-refractivity contribution < 1.29 is 5.11 Å². The van der Waals surface area contributed by atoms with Gasteiger partial charge in [-0.2, -0.15) is 0 Å². The van der Waals surface area contributed by atoms with Gasteiger partial charge in [0.15, 0.2) is 0 Å². The van der Waals surface area contributed by atoms with Gasteiger partial charge in [-0.1, -0.05) is 65.9 Å². The molecule has 1 aromatic carbocycles. The molecule has 0 spiro atoms. The number of aliphatic hydroxyl groups is 1. The molecule has 0 heterocycles. The fourth-order valence-corrected chi connectivity index (χ4v) is 4.36. The van der Waals surface area contributed by atoms with Crippen LogP contribution in [0.15, 0.2) is 40.5 Å². The molecule has 0 radical (unpaired) electrons. The summed E-state index contributed by atoms with van der Waals surface area (Å²) in [5.74, 6) is 0.0443. The topological polar surface area (TPSA) is 20.2 Å². The van der Waals surface area contributed by atoms with Gasteiger partial charge in [-0.05, 0) is 18.6 Å². The van der Waals surface area contributed by atoms with Crippen molar-refractivity contribution in [3.8, 4) is 0 Å². The highest BCUT2D eigenvalue weighted by atomic mass is 79.9. The van der Waals surface area contributed by atoms with Gasteiger partial charge in [0.1, 0.15) is 0 Å². The molecule has 1 N–H and O–H groups in total. The first-order valence-corrected chi connectivity index (χ1v) is 10.5. The summed E-state index contributed by atoms with van der Waals surface area (Å²) in [5, 5.41) is 12.1. The van der Waals surface area contributed by atoms with E-state index in [1.807, 2.05) is 31.2 Å². The van der Waals surface area contributed by atoms with Crippen LogP contribution < -0.4 is 0 Å².